The predicted molar refractivity (Wildman–Crippen MR) is 68.6 cm³/mol. The molecule has 1 atom stereocenters. The Morgan fingerprint density at radius 1 is 1.39 bits per heavy atom. The second-order valence-electron chi connectivity index (χ2n) is 4.96. The summed E-state index contributed by atoms with van der Waals surface area (Å²) in [5.74, 6) is 0.581. The minimum atomic E-state index is -0.839. The lowest BCUT2D eigenvalue weighted by atomic mass is 9.98. The van der Waals surface area contributed by atoms with E-state index in [1.165, 1.54) is 0 Å². The van der Waals surface area contributed by atoms with Crippen LogP contribution in [0.4, 0.5) is 0 Å². The van der Waals surface area contributed by atoms with Gasteiger partial charge in [-0.2, -0.15) is 0 Å². The summed E-state index contributed by atoms with van der Waals surface area (Å²) in [4.78, 5) is 15.1. The van der Waals surface area contributed by atoms with Crippen LogP contribution >= 0.6 is 0 Å². The number of aromatic nitrogens is 1. The van der Waals surface area contributed by atoms with Crippen molar-refractivity contribution in [2.45, 2.75) is 33.1 Å². The Kier molecular flexibility index (Phi) is 3.36. The smallest absolute Gasteiger partial charge is 0.307 e. The van der Waals surface area contributed by atoms with Crippen molar-refractivity contribution in [1.82, 2.24) is 4.98 Å². The molecule has 18 heavy (non-hydrogen) atoms. The first-order chi connectivity index (χ1) is 8.47. The highest BCUT2D eigenvalue weighted by Gasteiger charge is 2.17. The van der Waals surface area contributed by atoms with Gasteiger partial charge in [0, 0.05) is 5.92 Å². The van der Waals surface area contributed by atoms with Crippen molar-refractivity contribution in [3.8, 4) is 0 Å². The molecule has 1 aromatic heterocycles. The van der Waals surface area contributed by atoms with Gasteiger partial charge in [0.15, 0.2) is 11.5 Å². The molecule has 2 aromatic rings. The van der Waals surface area contributed by atoms with Crippen molar-refractivity contribution in [3.05, 3.63) is 29.7 Å². The molecule has 4 nitrogen and oxygen atoms in total. The van der Waals surface area contributed by atoms with E-state index in [1.807, 2.05) is 0 Å². The molecule has 1 N–H and O–H groups in total. The van der Waals surface area contributed by atoms with E-state index in [2.05, 4.69) is 25.8 Å². The lowest BCUT2D eigenvalue weighted by Gasteiger charge is -2.09. The number of carboxylic acids is 1. The minimum Gasteiger partial charge on any atom is -0.481 e. The summed E-state index contributed by atoms with van der Waals surface area (Å²) < 4.78 is 5.69. The third-order valence-corrected chi connectivity index (χ3v) is 3.21. The van der Waals surface area contributed by atoms with E-state index in [4.69, 9.17) is 9.52 Å². The predicted octanol–water partition coefficient (Wildman–Crippen LogP) is 3.21. The van der Waals surface area contributed by atoms with Crippen LogP contribution in [0.5, 0.6) is 0 Å². The molecule has 1 aromatic carbocycles. The highest BCUT2D eigenvalue weighted by atomic mass is 16.4. The van der Waals surface area contributed by atoms with Crippen molar-refractivity contribution >= 4 is 17.1 Å². The topological polar surface area (TPSA) is 63.3 Å². The molecule has 4 heteroatoms. The van der Waals surface area contributed by atoms with Crippen molar-refractivity contribution in [2.75, 3.05) is 0 Å². The molecule has 0 saturated heterocycles. The normalized spacial score (nSPS) is 13.1. The van der Waals surface area contributed by atoms with E-state index in [1.54, 1.807) is 18.2 Å². The van der Waals surface area contributed by atoms with Crippen LogP contribution in [0.1, 0.15) is 38.1 Å². The average Bonchev–Trinajstić information content (AvgIpc) is 2.69. The SMILES string of the molecule is CC(C)C(C)c1nc2cc(CC(=O)O)ccc2o1. The number of rotatable bonds is 4. The van der Waals surface area contributed by atoms with Gasteiger partial charge in [-0.25, -0.2) is 4.98 Å². The standard InChI is InChI=1S/C14H17NO3/c1-8(2)9(3)14-15-11-6-10(7-13(16)17)4-5-12(11)18-14/h4-6,8-9H,7H2,1-3H3,(H,16,17). The van der Waals surface area contributed by atoms with Crippen molar-refractivity contribution in [3.63, 3.8) is 0 Å². The first-order valence-electron chi connectivity index (χ1n) is 6.08. The Hall–Kier alpha value is -1.84. The highest BCUT2D eigenvalue weighted by molar-refractivity contribution is 5.76. The number of benzene rings is 1. The van der Waals surface area contributed by atoms with Gasteiger partial charge < -0.3 is 9.52 Å². The molecule has 1 heterocycles. The van der Waals surface area contributed by atoms with Crippen LogP contribution < -0.4 is 0 Å². The van der Waals surface area contributed by atoms with Crippen LogP contribution in [-0.4, -0.2) is 16.1 Å². The summed E-state index contributed by atoms with van der Waals surface area (Å²) >= 11 is 0. The number of oxazole rings is 1. The molecule has 0 bridgehead atoms. The highest BCUT2D eigenvalue weighted by Crippen LogP contribution is 2.27. The lowest BCUT2D eigenvalue weighted by Crippen LogP contribution is -2.01. The molecule has 0 aliphatic heterocycles. The minimum absolute atomic E-state index is 0.0118. The Balaban J connectivity index is 2.36. The van der Waals surface area contributed by atoms with Gasteiger partial charge in [-0.3, -0.25) is 4.79 Å². The summed E-state index contributed by atoms with van der Waals surface area (Å²) in [6.07, 6.45) is 0.0118. The Labute approximate surface area is 106 Å². The molecular weight excluding hydrogens is 230 g/mol. The quantitative estimate of drug-likeness (QED) is 0.901. The number of hydrogen-bond donors (Lipinski definition) is 1. The van der Waals surface area contributed by atoms with Gasteiger partial charge in [0.1, 0.15) is 5.52 Å². The van der Waals surface area contributed by atoms with Gasteiger partial charge in [0.25, 0.3) is 0 Å². The third kappa shape index (κ3) is 2.53. The van der Waals surface area contributed by atoms with Crippen LogP contribution in [0.2, 0.25) is 0 Å². The van der Waals surface area contributed by atoms with Crippen LogP contribution in [0, 0.1) is 5.92 Å². The fourth-order valence-electron chi connectivity index (χ4n) is 1.76. The molecule has 0 radical (unpaired) electrons. The summed E-state index contributed by atoms with van der Waals surface area (Å²) in [5.41, 5.74) is 2.19. The molecule has 0 amide bonds. The van der Waals surface area contributed by atoms with Crippen LogP contribution in [0.3, 0.4) is 0 Å². The average molecular weight is 247 g/mol. The number of carbonyl (C=O) groups is 1. The van der Waals surface area contributed by atoms with E-state index in [0.29, 0.717) is 17.4 Å². The Morgan fingerprint density at radius 2 is 2.11 bits per heavy atom. The van der Waals surface area contributed by atoms with Crippen LogP contribution in [-0.2, 0) is 11.2 Å². The third-order valence-electron chi connectivity index (χ3n) is 3.21. The van der Waals surface area contributed by atoms with Crippen LogP contribution in [0.15, 0.2) is 22.6 Å². The number of hydrogen-bond acceptors (Lipinski definition) is 3. The van der Waals surface area contributed by atoms with Crippen molar-refractivity contribution in [1.29, 1.82) is 0 Å². The number of aliphatic carboxylic acids is 1. The Bertz CT molecular complexity index is 571. The second kappa shape index (κ2) is 4.80. The van der Waals surface area contributed by atoms with E-state index in [0.717, 1.165) is 11.1 Å². The molecule has 0 saturated carbocycles. The summed E-state index contributed by atoms with van der Waals surface area (Å²) in [7, 11) is 0. The van der Waals surface area contributed by atoms with Gasteiger partial charge in [0.2, 0.25) is 0 Å². The molecule has 0 aliphatic carbocycles. The molecule has 2 rings (SSSR count). The van der Waals surface area contributed by atoms with Gasteiger partial charge >= 0.3 is 5.97 Å². The zero-order valence-electron chi connectivity index (χ0n) is 10.8. The van der Waals surface area contributed by atoms with Gasteiger partial charge in [-0.1, -0.05) is 26.8 Å². The molecule has 0 aliphatic rings. The fraction of sp³-hybridized carbons (Fsp3) is 0.429. The fourth-order valence-corrected chi connectivity index (χ4v) is 1.76. The molecular formula is C14H17NO3. The maximum absolute atomic E-state index is 10.7. The van der Waals surface area contributed by atoms with E-state index in [-0.39, 0.29) is 12.3 Å². The first kappa shape index (κ1) is 12.6. The maximum atomic E-state index is 10.7. The molecule has 0 spiro atoms. The van der Waals surface area contributed by atoms with E-state index >= 15 is 0 Å². The summed E-state index contributed by atoms with van der Waals surface area (Å²) in [6, 6.07) is 5.34. The van der Waals surface area contributed by atoms with Gasteiger partial charge in [-0.05, 0) is 23.6 Å². The summed E-state index contributed by atoms with van der Waals surface area (Å²) in [6.45, 7) is 6.32. The van der Waals surface area contributed by atoms with Gasteiger partial charge in [0.05, 0.1) is 6.42 Å². The second-order valence-corrected chi connectivity index (χ2v) is 4.96. The Morgan fingerprint density at radius 3 is 2.72 bits per heavy atom. The number of fused-ring (bicyclic) bond motifs is 1. The van der Waals surface area contributed by atoms with E-state index < -0.39 is 5.97 Å². The van der Waals surface area contributed by atoms with Crippen LogP contribution in [0.25, 0.3) is 11.1 Å². The molecule has 96 valence electrons. The number of nitrogens with zero attached hydrogens (tertiary/aromatic N) is 1. The van der Waals surface area contributed by atoms with Gasteiger partial charge in [-0.15, -0.1) is 0 Å². The van der Waals surface area contributed by atoms with Crippen molar-refractivity contribution in [2.24, 2.45) is 5.92 Å². The largest absolute Gasteiger partial charge is 0.481 e. The molecule has 0 fully saturated rings. The van der Waals surface area contributed by atoms with Crippen molar-refractivity contribution < 1.29 is 14.3 Å². The zero-order chi connectivity index (χ0) is 13.3. The zero-order valence-corrected chi connectivity index (χ0v) is 10.8. The maximum Gasteiger partial charge on any atom is 0.307 e. The lowest BCUT2D eigenvalue weighted by molar-refractivity contribution is -0.136. The van der Waals surface area contributed by atoms with E-state index in [9.17, 15) is 4.79 Å². The number of carboxylic acid groups (broad SMARTS) is 1. The first-order valence-corrected chi connectivity index (χ1v) is 6.08. The monoisotopic (exact) mass is 247 g/mol. The molecule has 1 unspecified atom stereocenters. The summed E-state index contributed by atoms with van der Waals surface area (Å²) in [5, 5.41) is 8.76.